The molecule has 1 aliphatic carbocycles. The fourth-order valence-electron chi connectivity index (χ4n) is 4.68. The van der Waals surface area contributed by atoms with Crippen molar-refractivity contribution in [1.29, 1.82) is 0 Å². The monoisotopic (exact) mass is 415 g/mol. The number of fused-ring (bicyclic) bond motifs is 1. The molecule has 1 aromatic carbocycles. The van der Waals surface area contributed by atoms with Crippen molar-refractivity contribution >= 4 is 17.7 Å². The average Bonchev–Trinajstić information content (AvgIpc) is 2.72. The van der Waals surface area contributed by atoms with Crippen LogP contribution in [0.15, 0.2) is 18.2 Å². The standard InChI is InChI=1S/C23H33N3O4/c1-16-8-9-18(17(2)14-16)23(29)25-11-10-24-22(28)19-6-4-5-7-20(19)26(13-12-25)21(27)15-30-3/h8-9,14,19-20H,4-7,10-13,15H2,1-3H3,(H,24,28)/t19-,20+/m0/s1. The number of benzene rings is 1. The Morgan fingerprint density at radius 1 is 1.13 bits per heavy atom. The van der Waals surface area contributed by atoms with Gasteiger partial charge in [-0.3, -0.25) is 14.4 Å². The van der Waals surface area contributed by atoms with Gasteiger partial charge >= 0.3 is 0 Å². The van der Waals surface area contributed by atoms with Crippen molar-refractivity contribution in [3.05, 3.63) is 34.9 Å². The summed E-state index contributed by atoms with van der Waals surface area (Å²) >= 11 is 0. The maximum absolute atomic E-state index is 13.2. The Morgan fingerprint density at radius 2 is 1.90 bits per heavy atom. The van der Waals surface area contributed by atoms with Gasteiger partial charge in [-0.05, 0) is 38.3 Å². The molecule has 164 valence electrons. The Hall–Kier alpha value is -2.41. The number of rotatable bonds is 3. The highest BCUT2D eigenvalue weighted by atomic mass is 16.5. The van der Waals surface area contributed by atoms with Gasteiger partial charge in [0, 0.05) is 44.9 Å². The number of nitrogens with zero attached hydrogens (tertiary/aromatic N) is 2. The van der Waals surface area contributed by atoms with Gasteiger partial charge in [0.15, 0.2) is 0 Å². The van der Waals surface area contributed by atoms with Gasteiger partial charge in [0.05, 0.1) is 5.92 Å². The first-order valence-corrected chi connectivity index (χ1v) is 10.8. The second kappa shape index (κ2) is 10.1. The van der Waals surface area contributed by atoms with Crippen molar-refractivity contribution in [1.82, 2.24) is 15.1 Å². The van der Waals surface area contributed by atoms with Gasteiger partial charge in [0.2, 0.25) is 11.8 Å². The lowest BCUT2D eigenvalue weighted by atomic mass is 9.82. The van der Waals surface area contributed by atoms with Gasteiger partial charge in [-0.1, -0.05) is 30.5 Å². The minimum atomic E-state index is -0.193. The van der Waals surface area contributed by atoms with E-state index in [4.69, 9.17) is 4.74 Å². The van der Waals surface area contributed by atoms with Crippen LogP contribution in [-0.2, 0) is 14.3 Å². The van der Waals surface area contributed by atoms with E-state index in [1.165, 1.54) is 7.11 Å². The van der Waals surface area contributed by atoms with Crippen LogP contribution in [0.4, 0.5) is 0 Å². The Bertz CT molecular complexity index is 795. The SMILES string of the molecule is COCC(=O)N1CCN(C(=O)c2ccc(C)cc2C)CCNC(=O)[C@H]2CCCC[C@H]21. The lowest BCUT2D eigenvalue weighted by Crippen LogP contribution is -2.56. The highest BCUT2D eigenvalue weighted by molar-refractivity contribution is 5.95. The molecule has 0 aromatic heterocycles. The zero-order valence-electron chi connectivity index (χ0n) is 18.3. The first kappa shape index (κ1) is 22.3. The average molecular weight is 416 g/mol. The van der Waals surface area contributed by atoms with E-state index in [0.717, 1.165) is 36.8 Å². The molecule has 0 radical (unpaired) electrons. The Kier molecular flexibility index (Phi) is 7.48. The topological polar surface area (TPSA) is 79.0 Å². The van der Waals surface area contributed by atoms with E-state index in [9.17, 15) is 14.4 Å². The summed E-state index contributed by atoms with van der Waals surface area (Å²) < 4.78 is 5.09. The summed E-state index contributed by atoms with van der Waals surface area (Å²) in [6, 6.07) is 5.65. The van der Waals surface area contributed by atoms with Crippen molar-refractivity contribution in [2.24, 2.45) is 5.92 Å². The zero-order chi connectivity index (χ0) is 21.7. The molecule has 7 heteroatoms. The smallest absolute Gasteiger partial charge is 0.254 e. The minimum Gasteiger partial charge on any atom is -0.375 e. The van der Waals surface area contributed by atoms with Gasteiger partial charge in [-0.25, -0.2) is 0 Å². The first-order valence-electron chi connectivity index (χ1n) is 10.8. The Labute approximate surface area is 178 Å². The molecule has 2 atom stereocenters. The van der Waals surface area contributed by atoms with Crippen LogP contribution in [0.5, 0.6) is 0 Å². The summed E-state index contributed by atoms with van der Waals surface area (Å²) in [5.41, 5.74) is 2.70. The second-order valence-corrected chi connectivity index (χ2v) is 8.38. The number of methoxy groups -OCH3 is 1. The summed E-state index contributed by atoms with van der Waals surface area (Å²) in [5, 5.41) is 3.00. The van der Waals surface area contributed by atoms with Crippen LogP contribution in [0.1, 0.15) is 47.2 Å². The van der Waals surface area contributed by atoms with E-state index >= 15 is 0 Å². The molecule has 1 aliphatic heterocycles. The van der Waals surface area contributed by atoms with Gasteiger partial charge in [0.1, 0.15) is 6.61 Å². The van der Waals surface area contributed by atoms with Crippen LogP contribution in [0.2, 0.25) is 0 Å². The van der Waals surface area contributed by atoms with E-state index in [1.54, 1.807) is 9.80 Å². The number of hydrogen-bond acceptors (Lipinski definition) is 4. The summed E-state index contributed by atoms with van der Waals surface area (Å²) in [5.74, 6) is -0.403. The van der Waals surface area contributed by atoms with Gasteiger partial charge in [-0.2, -0.15) is 0 Å². The summed E-state index contributed by atoms with van der Waals surface area (Å²) in [6.07, 6.45) is 3.59. The number of carbonyl (C=O) groups excluding carboxylic acids is 3. The van der Waals surface area contributed by atoms with Crippen molar-refractivity contribution in [2.75, 3.05) is 39.9 Å². The van der Waals surface area contributed by atoms with Crippen molar-refractivity contribution in [2.45, 2.75) is 45.6 Å². The van der Waals surface area contributed by atoms with E-state index in [0.29, 0.717) is 31.7 Å². The summed E-state index contributed by atoms with van der Waals surface area (Å²) in [4.78, 5) is 42.4. The molecule has 2 aliphatic rings. The molecule has 0 spiro atoms. The molecule has 0 unspecified atom stereocenters. The Balaban J connectivity index is 1.85. The number of hydrogen-bond donors (Lipinski definition) is 1. The fourth-order valence-corrected chi connectivity index (χ4v) is 4.68. The number of ether oxygens (including phenoxy) is 1. The minimum absolute atomic E-state index is 0.0178. The van der Waals surface area contributed by atoms with Gasteiger partial charge in [0.25, 0.3) is 5.91 Å². The lowest BCUT2D eigenvalue weighted by Gasteiger charge is -2.41. The molecular formula is C23H33N3O4. The van der Waals surface area contributed by atoms with Gasteiger partial charge in [-0.15, -0.1) is 0 Å². The lowest BCUT2D eigenvalue weighted by molar-refractivity contribution is -0.142. The third-order valence-corrected chi connectivity index (χ3v) is 6.25. The molecule has 3 amide bonds. The molecular weight excluding hydrogens is 382 g/mol. The molecule has 1 N–H and O–H groups in total. The molecule has 2 fully saturated rings. The molecule has 0 bridgehead atoms. The summed E-state index contributed by atoms with van der Waals surface area (Å²) in [7, 11) is 1.50. The molecule has 30 heavy (non-hydrogen) atoms. The predicted molar refractivity (Wildman–Crippen MR) is 114 cm³/mol. The maximum atomic E-state index is 13.2. The Morgan fingerprint density at radius 3 is 2.63 bits per heavy atom. The quantitative estimate of drug-likeness (QED) is 0.818. The van der Waals surface area contributed by atoms with E-state index in [1.807, 2.05) is 32.0 Å². The number of aryl methyl sites for hydroxylation is 2. The maximum Gasteiger partial charge on any atom is 0.254 e. The van der Waals surface area contributed by atoms with Crippen LogP contribution in [0, 0.1) is 19.8 Å². The fraction of sp³-hybridized carbons (Fsp3) is 0.609. The zero-order valence-corrected chi connectivity index (χ0v) is 18.3. The largest absolute Gasteiger partial charge is 0.375 e. The first-order chi connectivity index (χ1) is 14.4. The van der Waals surface area contributed by atoms with Crippen LogP contribution in [0.25, 0.3) is 0 Å². The van der Waals surface area contributed by atoms with Crippen molar-refractivity contribution in [3.8, 4) is 0 Å². The van der Waals surface area contributed by atoms with E-state index < -0.39 is 0 Å². The van der Waals surface area contributed by atoms with E-state index in [2.05, 4.69) is 5.32 Å². The molecule has 1 saturated carbocycles. The van der Waals surface area contributed by atoms with Crippen molar-refractivity contribution < 1.29 is 19.1 Å². The third kappa shape index (κ3) is 5.01. The second-order valence-electron chi connectivity index (χ2n) is 8.38. The van der Waals surface area contributed by atoms with Crippen LogP contribution >= 0.6 is 0 Å². The molecule has 1 saturated heterocycles. The number of amides is 3. The van der Waals surface area contributed by atoms with Crippen molar-refractivity contribution in [3.63, 3.8) is 0 Å². The third-order valence-electron chi connectivity index (χ3n) is 6.25. The highest BCUT2D eigenvalue weighted by Crippen LogP contribution is 2.29. The number of nitrogens with one attached hydrogen (secondary N) is 1. The predicted octanol–water partition coefficient (Wildman–Crippen LogP) is 1.91. The van der Waals surface area contributed by atoms with Gasteiger partial charge < -0.3 is 19.9 Å². The van der Waals surface area contributed by atoms with Crippen LogP contribution in [0.3, 0.4) is 0 Å². The molecule has 7 nitrogen and oxygen atoms in total. The van der Waals surface area contributed by atoms with Crippen LogP contribution < -0.4 is 5.32 Å². The highest BCUT2D eigenvalue weighted by Gasteiger charge is 2.37. The molecule has 3 rings (SSSR count). The normalized spacial score (nSPS) is 22.8. The molecule has 1 heterocycles. The van der Waals surface area contributed by atoms with E-state index in [-0.39, 0.29) is 36.3 Å². The number of carbonyl (C=O) groups is 3. The summed E-state index contributed by atoms with van der Waals surface area (Å²) in [6.45, 7) is 5.60. The molecule has 1 aromatic rings. The van der Waals surface area contributed by atoms with Crippen LogP contribution in [-0.4, -0.2) is 73.5 Å².